The molecule has 0 saturated heterocycles. The van der Waals surface area contributed by atoms with Crippen LogP contribution >= 0.6 is 23.1 Å². The number of amides is 1. The number of carbonyl (C=O) groups is 1. The van der Waals surface area contributed by atoms with Gasteiger partial charge in [-0.2, -0.15) is 5.26 Å². The Labute approximate surface area is 143 Å². The van der Waals surface area contributed by atoms with Gasteiger partial charge in [0.2, 0.25) is 5.91 Å². The molecular weight excluding hydrogens is 326 g/mol. The summed E-state index contributed by atoms with van der Waals surface area (Å²) in [7, 11) is 0. The number of hydrogen-bond donors (Lipinski definition) is 1. The molecule has 0 spiro atoms. The fraction of sp³-hybridized carbons (Fsp3) is 0.353. The molecule has 118 valence electrons. The average molecular weight is 343 g/mol. The van der Waals surface area contributed by atoms with Gasteiger partial charge in [0, 0.05) is 11.1 Å². The maximum absolute atomic E-state index is 12.2. The third-order valence-corrected chi connectivity index (χ3v) is 5.98. The van der Waals surface area contributed by atoms with Crippen LogP contribution in [0.1, 0.15) is 29.3 Å². The lowest BCUT2D eigenvalue weighted by atomic mass is 9.89. The van der Waals surface area contributed by atoms with E-state index in [0.717, 1.165) is 29.9 Å². The maximum atomic E-state index is 12.2. The average Bonchev–Trinajstić information content (AvgIpc) is 2.89. The van der Waals surface area contributed by atoms with Gasteiger partial charge in [-0.3, -0.25) is 4.79 Å². The third kappa shape index (κ3) is 3.74. The molecule has 4 nitrogen and oxygen atoms in total. The monoisotopic (exact) mass is 343 g/mol. The van der Waals surface area contributed by atoms with Crippen molar-refractivity contribution < 1.29 is 4.79 Å². The Bertz CT molecular complexity index is 749. The summed E-state index contributed by atoms with van der Waals surface area (Å²) >= 11 is 2.96. The number of rotatable bonds is 4. The lowest BCUT2D eigenvalue weighted by Gasteiger charge is -2.17. The minimum atomic E-state index is -0.0937. The van der Waals surface area contributed by atoms with Crippen LogP contribution in [0.5, 0.6) is 0 Å². The lowest BCUT2D eigenvalue weighted by Crippen LogP contribution is -2.14. The second-order valence-corrected chi connectivity index (χ2v) is 7.77. The van der Waals surface area contributed by atoms with Gasteiger partial charge < -0.3 is 5.32 Å². The molecule has 0 fully saturated rings. The fourth-order valence-electron chi connectivity index (χ4n) is 2.69. The largest absolute Gasteiger partial charge is 0.316 e. The van der Waals surface area contributed by atoms with E-state index in [0.29, 0.717) is 22.2 Å². The highest BCUT2D eigenvalue weighted by molar-refractivity contribution is 7.99. The molecular formula is C17H17N3OS2. The first-order chi connectivity index (χ1) is 11.2. The van der Waals surface area contributed by atoms with Gasteiger partial charge >= 0.3 is 0 Å². The summed E-state index contributed by atoms with van der Waals surface area (Å²) in [4.78, 5) is 17.6. The van der Waals surface area contributed by atoms with Crippen LogP contribution in [0.4, 0.5) is 5.00 Å². The zero-order chi connectivity index (χ0) is 16.2. The molecule has 0 unspecified atom stereocenters. The minimum absolute atomic E-state index is 0.0937. The normalized spacial score (nSPS) is 16.4. The number of fused-ring (bicyclic) bond motifs is 1. The van der Waals surface area contributed by atoms with Gasteiger partial charge in [-0.1, -0.05) is 24.8 Å². The predicted molar refractivity (Wildman–Crippen MR) is 93.8 cm³/mol. The van der Waals surface area contributed by atoms with E-state index in [1.165, 1.54) is 16.6 Å². The molecule has 0 aromatic carbocycles. The number of nitriles is 1. The summed E-state index contributed by atoms with van der Waals surface area (Å²) in [5.74, 6) is 0.848. The highest BCUT2D eigenvalue weighted by atomic mass is 32.2. The third-order valence-electron chi connectivity index (χ3n) is 3.87. The van der Waals surface area contributed by atoms with E-state index in [9.17, 15) is 10.1 Å². The predicted octanol–water partition coefficient (Wildman–Crippen LogP) is 3.87. The summed E-state index contributed by atoms with van der Waals surface area (Å²) in [5.41, 5.74) is 1.80. The SMILES string of the molecule is C[C@@H]1CCc2c(sc(NC(=O)CSc3ccccn3)c2C#N)C1. The van der Waals surface area contributed by atoms with Crippen LogP contribution in [0.3, 0.4) is 0 Å². The quantitative estimate of drug-likeness (QED) is 0.856. The van der Waals surface area contributed by atoms with E-state index in [1.54, 1.807) is 17.5 Å². The summed E-state index contributed by atoms with van der Waals surface area (Å²) in [6.07, 6.45) is 4.77. The Hall–Kier alpha value is -1.84. The zero-order valence-electron chi connectivity index (χ0n) is 12.8. The van der Waals surface area contributed by atoms with E-state index >= 15 is 0 Å². The number of thiophene rings is 1. The lowest BCUT2D eigenvalue weighted by molar-refractivity contribution is -0.113. The van der Waals surface area contributed by atoms with E-state index in [4.69, 9.17) is 0 Å². The second-order valence-electron chi connectivity index (χ2n) is 5.67. The van der Waals surface area contributed by atoms with Crippen molar-refractivity contribution in [1.29, 1.82) is 5.26 Å². The number of pyridine rings is 1. The van der Waals surface area contributed by atoms with Crippen LogP contribution in [0.2, 0.25) is 0 Å². The fourth-order valence-corrected chi connectivity index (χ4v) is 4.73. The molecule has 1 atom stereocenters. The standard InChI is InChI=1S/C17H17N3OS2/c1-11-5-6-12-13(9-18)17(23-14(12)8-11)20-15(21)10-22-16-4-2-3-7-19-16/h2-4,7,11H,5-6,8,10H2,1H3,(H,20,21)/t11-/m1/s1. The van der Waals surface area contributed by atoms with Gasteiger partial charge in [0.05, 0.1) is 16.3 Å². The van der Waals surface area contributed by atoms with Gasteiger partial charge in [0.25, 0.3) is 0 Å². The summed E-state index contributed by atoms with van der Waals surface area (Å²) in [6, 6.07) is 7.90. The number of aromatic nitrogens is 1. The van der Waals surface area contributed by atoms with Crippen LogP contribution < -0.4 is 5.32 Å². The maximum Gasteiger partial charge on any atom is 0.235 e. The number of nitrogens with zero attached hydrogens (tertiary/aromatic N) is 2. The van der Waals surface area contributed by atoms with Crippen molar-refractivity contribution in [1.82, 2.24) is 4.98 Å². The van der Waals surface area contributed by atoms with Crippen molar-refractivity contribution >= 4 is 34.0 Å². The number of anilines is 1. The van der Waals surface area contributed by atoms with Gasteiger partial charge in [-0.15, -0.1) is 11.3 Å². The molecule has 0 saturated carbocycles. The first kappa shape index (κ1) is 16.0. The van der Waals surface area contributed by atoms with E-state index in [1.807, 2.05) is 18.2 Å². The van der Waals surface area contributed by atoms with Gasteiger partial charge in [-0.05, 0) is 42.9 Å². The Balaban J connectivity index is 1.68. The Morgan fingerprint density at radius 3 is 3.17 bits per heavy atom. The molecule has 1 amide bonds. The van der Waals surface area contributed by atoms with E-state index < -0.39 is 0 Å². The number of nitrogens with one attached hydrogen (secondary N) is 1. The molecule has 2 aromatic rings. The molecule has 0 bridgehead atoms. The zero-order valence-corrected chi connectivity index (χ0v) is 14.5. The van der Waals surface area contributed by atoms with Crippen LogP contribution in [0.25, 0.3) is 0 Å². The first-order valence-corrected chi connectivity index (χ1v) is 9.36. The molecule has 0 radical (unpaired) electrons. The van der Waals surface area contributed by atoms with Crippen LogP contribution in [-0.4, -0.2) is 16.6 Å². The van der Waals surface area contributed by atoms with Crippen molar-refractivity contribution in [2.45, 2.75) is 31.2 Å². The molecule has 2 aromatic heterocycles. The van der Waals surface area contributed by atoms with Crippen LogP contribution in [-0.2, 0) is 17.6 Å². The Morgan fingerprint density at radius 1 is 1.57 bits per heavy atom. The molecule has 6 heteroatoms. The van der Waals surface area contributed by atoms with Crippen molar-refractivity contribution in [2.75, 3.05) is 11.1 Å². The molecule has 1 aliphatic carbocycles. The van der Waals surface area contributed by atoms with Crippen molar-refractivity contribution in [2.24, 2.45) is 5.92 Å². The van der Waals surface area contributed by atoms with Crippen molar-refractivity contribution in [3.63, 3.8) is 0 Å². The Morgan fingerprint density at radius 2 is 2.43 bits per heavy atom. The van der Waals surface area contributed by atoms with E-state index in [-0.39, 0.29) is 5.91 Å². The Kier molecular flexibility index (Phi) is 4.99. The molecule has 3 rings (SSSR count). The number of thioether (sulfide) groups is 1. The van der Waals surface area contributed by atoms with Crippen molar-refractivity contribution in [3.05, 3.63) is 40.4 Å². The second kappa shape index (κ2) is 7.16. The molecule has 1 aliphatic rings. The van der Waals surface area contributed by atoms with Gasteiger partial charge in [-0.25, -0.2) is 4.98 Å². The van der Waals surface area contributed by atoms with E-state index in [2.05, 4.69) is 23.3 Å². The molecule has 2 heterocycles. The highest BCUT2D eigenvalue weighted by Gasteiger charge is 2.24. The highest BCUT2D eigenvalue weighted by Crippen LogP contribution is 2.39. The molecule has 0 aliphatic heterocycles. The topological polar surface area (TPSA) is 65.8 Å². The molecule has 1 N–H and O–H groups in total. The van der Waals surface area contributed by atoms with Crippen LogP contribution in [0, 0.1) is 17.2 Å². The minimum Gasteiger partial charge on any atom is -0.316 e. The number of carbonyl (C=O) groups excluding carboxylic acids is 1. The van der Waals surface area contributed by atoms with Gasteiger partial charge in [0.1, 0.15) is 11.1 Å². The summed E-state index contributed by atoms with van der Waals surface area (Å²) in [5, 5.41) is 13.9. The summed E-state index contributed by atoms with van der Waals surface area (Å²) in [6.45, 7) is 2.23. The van der Waals surface area contributed by atoms with Crippen LogP contribution in [0.15, 0.2) is 29.4 Å². The molecule has 23 heavy (non-hydrogen) atoms. The van der Waals surface area contributed by atoms with Crippen molar-refractivity contribution in [3.8, 4) is 6.07 Å². The first-order valence-electron chi connectivity index (χ1n) is 7.55. The van der Waals surface area contributed by atoms with Gasteiger partial charge in [0.15, 0.2) is 0 Å². The summed E-state index contributed by atoms with van der Waals surface area (Å²) < 4.78 is 0. The smallest absolute Gasteiger partial charge is 0.235 e. The number of hydrogen-bond acceptors (Lipinski definition) is 5.